The number of hydrogen-bond acceptors (Lipinski definition) is 4. The van der Waals surface area contributed by atoms with Gasteiger partial charge in [0.05, 0.1) is 6.21 Å². The smallest absolute Gasteiger partial charge is 0.259 e. The van der Waals surface area contributed by atoms with Gasteiger partial charge in [-0.3, -0.25) is 9.59 Å². The van der Waals surface area contributed by atoms with Crippen LogP contribution < -0.4 is 10.3 Å². The van der Waals surface area contributed by atoms with E-state index in [-0.39, 0.29) is 24.3 Å². The van der Waals surface area contributed by atoms with Crippen LogP contribution >= 0.6 is 0 Å². The lowest BCUT2D eigenvalue weighted by atomic mass is 9.99. The lowest BCUT2D eigenvalue weighted by Gasteiger charge is -2.15. The van der Waals surface area contributed by atoms with Gasteiger partial charge in [0.15, 0.2) is 0 Å². The van der Waals surface area contributed by atoms with Crippen molar-refractivity contribution in [3.05, 3.63) is 65.7 Å². The third-order valence-corrected chi connectivity index (χ3v) is 4.63. The van der Waals surface area contributed by atoms with E-state index in [1.165, 1.54) is 0 Å². The van der Waals surface area contributed by atoms with Gasteiger partial charge in [0, 0.05) is 38.7 Å². The number of nitrogens with zero attached hydrogens (tertiary/aromatic N) is 3. The van der Waals surface area contributed by atoms with Crippen LogP contribution in [0.4, 0.5) is 5.69 Å². The first-order valence-corrected chi connectivity index (χ1v) is 8.95. The standard InChI is InChI=1S/C21H24N4O2/c1-24(2)19-10-8-16(9-11-19)13-22-23-20(26)15-25-14-18(12-21(25)27)17-6-4-3-5-7-17/h3-11,13,18H,12,14-15H2,1-2H3,(H,23,26)/b22-13-/t18-/m0/s1. The molecular formula is C21H24N4O2. The fraction of sp³-hybridized carbons (Fsp3) is 0.286. The van der Waals surface area contributed by atoms with Crippen LogP contribution in [0.3, 0.4) is 0 Å². The van der Waals surface area contributed by atoms with Gasteiger partial charge < -0.3 is 9.80 Å². The number of anilines is 1. The highest BCUT2D eigenvalue weighted by atomic mass is 16.2. The minimum Gasteiger partial charge on any atom is -0.378 e. The molecule has 2 aromatic rings. The lowest BCUT2D eigenvalue weighted by molar-refractivity contribution is -0.133. The van der Waals surface area contributed by atoms with Crippen molar-refractivity contribution in [3.8, 4) is 0 Å². The predicted octanol–water partition coefficient (Wildman–Crippen LogP) is 2.22. The number of carbonyl (C=O) groups excluding carboxylic acids is 2. The van der Waals surface area contributed by atoms with Crippen LogP contribution in [0.2, 0.25) is 0 Å². The zero-order valence-corrected chi connectivity index (χ0v) is 15.6. The van der Waals surface area contributed by atoms with Crippen LogP contribution in [0, 0.1) is 0 Å². The zero-order valence-electron chi connectivity index (χ0n) is 15.6. The average Bonchev–Trinajstić information content (AvgIpc) is 3.03. The molecule has 0 radical (unpaired) electrons. The summed E-state index contributed by atoms with van der Waals surface area (Å²) < 4.78 is 0. The molecule has 1 heterocycles. The Bertz CT molecular complexity index is 816. The topological polar surface area (TPSA) is 65.0 Å². The van der Waals surface area contributed by atoms with E-state index >= 15 is 0 Å². The van der Waals surface area contributed by atoms with E-state index in [9.17, 15) is 9.59 Å². The van der Waals surface area contributed by atoms with Crippen LogP contribution in [-0.4, -0.2) is 50.1 Å². The van der Waals surface area contributed by atoms with Crippen LogP contribution in [0.15, 0.2) is 59.7 Å². The summed E-state index contributed by atoms with van der Waals surface area (Å²) in [6.45, 7) is 0.588. The predicted molar refractivity (Wildman–Crippen MR) is 107 cm³/mol. The molecule has 0 bridgehead atoms. The van der Waals surface area contributed by atoms with Gasteiger partial charge in [0.25, 0.3) is 5.91 Å². The molecule has 27 heavy (non-hydrogen) atoms. The maximum absolute atomic E-state index is 12.2. The number of amides is 2. The van der Waals surface area contributed by atoms with E-state index in [1.54, 1.807) is 11.1 Å². The van der Waals surface area contributed by atoms with Gasteiger partial charge in [0.2, 0.25) is 5.91 Å². The van der Waals surface area contributed by atoms with Crippen LogP contribution in [0.1, 0.15) is 23.5 Å². The molecule has 1 N–H and O–H groups in total. The van der Waals surface area contributed by atoms with Crippen LogP contribution in [0.5, 0.6) is 0 Å². The summed E-state index contributed by atoms with van der Waals surface area (Å²) in [6.07, 6.45) is 2.04. The molecule has 2 amide bonds. The Balaban J connectivity index is 1.49. The molecule has 1 fully saturated rings. The van der Waals surface area contributed by atoms with Gasteiger partial charge in [-0.1, -0.05) is 42.5 Å². The number of nitrogens with one attached hydrogen (secondary N) is 1. The summed E-state index contributed by atoms with van der Waals surface area (Å²) >= 11 is 0. The zero-order chi connectivity index (χ0) is 19.2. The molecule has 6 heteroatoms. The summed E-state index contributed by atoms with van der Waals surface area (Å²) in [5.74, 6) is -0.148. The molecule has 0 aromatic heterocycles. The number of hydrogen-bond donors (Lipinski definition) is 1. The molecule has 2 aromatic carbocycles. The quantitative estimate of drug-likeness (QED) is 0.631. The van der Waals surface area contributed by atoms with E-state index in [4.69, 9.17) is 0 Å². The molecule has 0 spiro atoms. The molecule has 0 saturated carbocycles. The van der Waals surface area contributed by atoms with Crippen molar-refractivity contribution < 1.29 is 9.59 Å². The van der Waals surface area contributed by atoms with Crippen molar-refractivity contribution in [1.29, 1.82) is 0 Å². The van der Waals surface area contributed by atoms with Gasteiger partial charge in [-0.15, -0.1) is 0 Å². The summed E-state index contributed by atoms with van der Waals surface area (Å²) in [5.41, 5.74) is 5.61. The second kappa shape index (κ2) is 8.49. The van der Waals surface area contributed by atoms with Gasteiger partial charge in [-0.25, -0.2) is 5.43 Å². The average molecular weight is 364 g/mol. The van der Waals surface area contributed by atoms with Crippen molar-refractivity contribution in [2.24, 2.45) is 5.10 Å². The molecule has 0 aliphatic carbocycles. The minimum atomic E-state index is -0.293. The highest BCUT2D eigenvalue weighted by Crippen LogP contribution is 2.27. The molecule has 3 rings (SSSR count). The minimum absolute atomic E-state index is 0.00209. The lowest BCUT2D eigenvalue weighted by Crippen LogP contribution is -2.36. The number of hydrazone groups is 1. The summed E-state index contributed by atoms with van der Waals surface area (Å²) in [5, 5.41) is 3.98. The first-order chi connectivity index (χ1) is 13.0. The molecule has 1 saturated heterocycles. The highest BCUT2D eigenvalue weighted by Gasteiger charge is 2.31. The van der Waals surface area contributed by atoms with Gasteiger partial charge >= 0.3 is 0 Å². The number of carbonyl (C=O) groups is 2. The van der Waals surface area contributed by atoms with Crippen molar-refractivity contribution in [3.63, 3.8) is 0 Å². The second-order valence-corrected chi connectivity index (χ2v) is 6.87. The first kappa shape index (κ1) is 18.6. The van der Waals surface area contributed by atoms with E-state index in [0.717, 1.165) is 16.8 Å². The molecule has 6 nitrogen and oxygen atoms in total. The van der Waals surface area contributed by atoms with Crippen molar-refractivity contribution >= 4 is 23.7 Å². The molecule has 140 valence electrons. The maximum atomic E-state index is 12.2. The molecule has 0 unspecified atom stereocenters. The highest BCUT2D eigenvalue weighted by molar-refractivity contribution is 5.87. The van der Waals surface area contributed by atoms with Gasteiger partial charge in [-0.2, -0.15) is 5.10 Å². The summed E-state index contributed by atoms with van der Waals surface area (Å²) in [7, 11) is 3.95. The van der Waals surface area contributed by atoms with Crippen molar-refractivity contribution in [2.45, 2.75) is 12.3 Å². The van der Waals surface area contributed by atoms with Gasteiger partial charge in [-0.05, 0) is 23.3 Å². The Hall–Kier alpha value is -3.15. The first-order valence-electron chi connectivity index (χ1n) is 8.95. The van der Waals surface area contributed by atoms with Crippen LogP contribution in [-0.2, 0) is 9.59 Å². The fourth-order valence-electron chi connectivity index (χ4n) is 3.12. The monoisotopic (exact) mass is 364 g/mol. The summed E-state index contributed by atoms with van der Waals surface area (Å²) in [4.78, 5) is 27.9. The Labute approximate surface area is 159 Å². The molecule has 1 aliphatic heterocycles. The Morgan fingerprint density at radius 1 is 1.19 bits per heavy atom. The maximum Gasteiger partial charge on any atom is 0.259 e. The largest absolute Gasteiger partial charge is 0.378 e. The van der Waals surface area contributed by atoms with E-state index < -0.39 is 0 Å². The fourth-order valence-corrected chi connectivity index (χ4v) is 3.12. The third kappa shape index (κ3) is 4.94. The second-order valence-electron chi connectivity index (χ2n) is 6.87. The Morgan fingerprint density at radius 2 is 1.89 bits per heavy atom. The number of likely N-dealkylation sites (tertiary alicyclic amines) is 1. The summed E-state index contributed by atoms with van der Waals surface area (Å²) in [6, 6.07) is 17.8. The molecule has 1 atom stereocenters. The van der Waals surface area contributed by atoms with Crippen molar-refractivity contribution in [1.82, 2.24) is 10.3 Å². The Kier molecular flexibility index (Phi) is 5.86. The van der Waals surface area contributed by atoms with Crippen molar-refractivity contribution in [2.75, 3.05) is 32.1 Å². The van der Waals surface area contributed by atoms with E-state index in [1.807, 2.05) is 73.6 Å². The molecule has 1 aliphatic rings. The number of benzene rings is 2. The van der Waals surface area contributed by atoms with E-state index in [0.29, 0.717) is 13.0 Å². The van der Waals surface area contributed by atoms with Gasteiger partial charge in [0.1, 0.15) is 6.54 Å². The van der Waals surface area contributed by atoms with E-state index in [2.05, 4.69) is 10.5 Å². The Morgan fingerprint density at radius 3 is 2.56 bits per heavy atom. The number of rotatable bonds is 6. The SMILES string of the molecule is CN(C)c1ccc(/C=N\NC(=O)CN2C[C@@H](c3ccccc3)CC2=O)cc1. The molecular weight excluding hydrogens is 340 g/mol. The van der Waals surface area contributed by atoms with Crippen LogP contribution in [0.25, 0.3) is 0 Å². The normalized spacial score (nSPS) is 16.7. The third-order valence-electron chi connectivity index (χ3n) is 4.63.